The highest BCUT2D eigenvalue weighted by molar-refractivity contribution is 5.95. The summed E-state index contributed by atoms with van der Waals surface area (Å²) in [7, 11) is 0. The van der Waals surface area contributed by atoms with Crippen LogP contribution in [-0.4, -0.2) is 133 Å². The van der Waals surface area contributed by atoms with Crippen LogP contribution in [0.3, 0.4) is 0 Å². The number of ether oxygens (including phenoxy) is 8. The average Bonchev–Trinajstić information content (AvgIpc) is 3.46. The van der Waals surface area contributed by atoms with E-state index in [4.69, 9.17) is 65.3 Å². The van der Waals surface area contributed by atoms with Crippen LogP contribution in [-0.2, 0) is 60.6 Å². The number of carbonyl (C=O) groups is 8. The second-order valence-electron chi connectivity index (χ2n) is 20.0. The number of esters is 4. The Kier molecular flexibility index (Phi) is 25.0. The molecule has 0 aliphatic rings. The van der Waals surface area contributed by atoms with Crippen molar-refractivity contribution in [2.24, 2.45) is 11.5 Å². The summed E-state index contributed by atoms with van der Waals surface area (Å²) in [4.78, 5) is 101. The highest BCUT2D eigenvalue weighted by Crippen LogP contribution is 2.29. The number of nitrogens with one attached hydrogen (secondary N) is 6. The Balaban J connectivity index is 1.37. The van der Waals surface area contributed by atoms with Crippen LogP contribution in [0.15, 0.2) is 84.9 Å². The summed E-state index contributed by atoms with van der Waals surface area (Å²) in [6, 6.07) is 18.1. The van der Waals surface area contributed by atoms with Crippen molar-refractivity contribution in [3.63, 3.8) is 0 Å². The van der Waals surface area contributed by atoms with Crippen LogP contribution in [0.2, 0.25) is 0 Å². The van der Waals surface area contributed by atoms with Crippen molar-refractivity contribution in [3.05, 3.63) is 107 Å². The Morgan fingerprint density at radius 1 is 0.537 bits per heavy atom. The van der Waals surface area contributed by atoms with Crippen LogP contribution in [0.25, 0.3) is 0 Å². The van der Waals surface area contributed by atoms with Gasteiger partial charge in [0.2, 0.25) is 11.8 Å². The largest absolute Gasteiger partial charge is 0.491 e. The standard InChI is InChI=1S/C56H70N8O18/c1-55(2,3)81-48(69)32-42(52(74)82-56(4,5)6)64-46(66)22-14-34-12-20-40(80-51(73)36-9-17-38(18-10-36)62-54(59)60)30-44(34)78-28-26-76-24-23-75-25-27-77-43-29-39(79-50(72)35-7-15-37(16-8-35)61-53(57)58)19-11-33(43)13-21-45(65)63-41(49(70)71)31-47(67)68/h7-12,15-20,29-30,41-42H,13-14,21-28,31-32H2,1-6H3,(H,63,65)(H,64,66)(H,67,68)(H,70,71)(H4,57,58,61)(H4,59,60,62). The minimum absolute atomic E-state index is 0.0124. The van der Waals surface area contributed by atoms with E-state index in [0.717, 1.165) is 0 Å². The zero-order chi connectivity index (χ0) is 60.6. The maximum Gasteiger partial charge on any atom is 0.343 e. The highest BCUT2D eigenvalue weighted by atomic mass is 16.6. The van der Waals surface area contributed by atoms with Gasteiger partial charge in [-0.1, -0.05) is 12.1 Å². The molecule has 26 heteroatoms. The highest BCUT2D eigenvalue weighted by Gasteiger charge is 2.31. The fraction of sp³-hybridized carbons (Fsp3) is 0.393. The van der Waals surface area contributed by atoms with Crippen LogP contribution in [0.1, 0.15) is 99.1 Å². The number of rotatable bonds is 31. The van der Waals surface area contributed by atoms with E-state index >= 15 is 0 Å². The van der Waals surface area contributed by atoms with E-state index in [1.165, 1.54) is 60.7 Å². The van der Waals surface area contributed by atoms with E-state index in [2.05, 4.69) is 21.3 Å². The minimum Gasteiger partial charge on any atom is -0.491 e. The summed E-state index contributed by atoms with van der Waals surface area (Å²) >= 11 is 0. The molecule has 0 spiro atoms. The first kappa shape index (κ1) is 65.2. The van der Waals surface area contributed by atoms with Gasteiger partial charge in [-0.3, -0.25) is 30.0 Å². The maximum absolute atomic E-state index is 13.4. The lowest BCUT2D eigenvalue weighted by Crippen LogP contribution is -2.46. The molecule has 4 rings (SSSR count). The predicted molar refractivity (Wildman–Crippen MR) is 296 cm³/mol. The molecule has 0 saturated carbocycles. The third-order valence-electron chi connectivity index (χ3n) is 10.7. The Morgan fingerprint density at radius 2 is 0.939 bits per heavy atom. The van der Waals surface area contributed by atoms with Gasteiger partial charge in [-0.2, -0.15) is 0 Å². The third kappa shape index (κ3) is 24.8. The molecule has 0 aliphatic heterocycles. The van der Waals surface area contributed by atoms with E-state index in [0.29, 0.717) is 22.5 Å². The quantitative estimate of drug-likeness (QED) is 0.0107. The van der Waals surface area contributed by atoms with Crippen LogP contribution in [0.4, 0.5) is 11.4 Å². The molecule has 82 heavy (non-hydrogen) atoms. The monoisotopic (exact) mass is 1140 g/mol. The summed E-state index contributed by atoms with van der Waals surface area (Å²) in [5.74, 6) is -7.11. The normalized spacial score (nSPS) is 11.8. The van der Waals surface area contributed by atoms with Crippen LogP contribution < -0.4 is 51.7 Å². The van der Waals surface area contributed by atoms with Crippen molar-refractivity contribution in [3.8, 4) is 23.0 Å². The van der Waals surface area contributed by atoms with Gasteiger partial charge in [0.15, 0.2) is 11.9 Å². The van der Waals surface area contributed by atoms with Gasteiger partial charge < -0.3 is 80.8 Å². The smallest absolute Gasteiger partial charge is 0.343 e. The molecule has 0 saturated heterocycles. The first-order valence-electron chi connectivity index (χ1n) is 25.6. The Hall–Kier alpha value is -9.30. The van der Waals surface area contributed by atoms with Crippen molar-refractivity contribution >= 4 is 70.9 Å². The molecule has 2 amide bonds. The SMILES string of the molecule is CC(C)(C)OC(=O)CC(NC(=O)CCc1ccc(OC(=O)c2ccc(NC(=N)N)cc2)cc1OCCOCCOCCOc1cc(OC(=O)c2ccc(NC(=N)N)cc2)ccc1CCC(=O)NC(CC(=O)O)C(=O)O)C(=O)OC(C)(C)C. The molecule has 12 N–H and O–H groups in total. The fourth-order valence-corrected chi connectivity index (χ4v) is 7.16. The summed E-state index contributed by atoms with van der Waals surface area (Å²) in [5, 5.41) is 43.2. The molecule has 0 aliphatic carbocycles. The van der Waals surface area contributed by atoms with Crippen molar-refractivity contribution in [2.75, 3.05) is 50.3 Å². The molecule has 0 heterocycles. The van der Waals surface area contributed by atoms with Gasteiger partial charge in [-0.15, -0.1) is 0 Å². The van der Waals surface area contributed by atoms with Gasteiger partial charge in [0.25, 0.3) is 0 Å². The van der Waals surface area contributed by atoms with Gasteiger partial charge in [0, 0.05) is 36.3 Å². The topological polar surface area (TPSA) is 399 Å². The van der Waals surface area contributed by atoms with Gasteiger partial charge in [-0.05, 0) is 126 Å². The molecule has 0 aromatic heterocycles. The molecule has 4 aromatic rings. The number of benzene rings is 4. The lowest BCUT2D eigenvalue weighted by atomic mass is 10.1. The minimum atomic E-state index is -1.64. The molecule has 0 bridgehead atoms. The Bertz CT molecular complexity index is 2900. The summed E-state index contributed by atoms with van der Waals surface area (Å²) < 4.78 is 45.6. The number of carbonyl (C=O) groups excluding carboxylic acids is 6. The number of hydrogen-bond acceptors (Lipinski definition) is 18. The molecule has 0 fully saturated rings. The summed E-state index contributed by atoms with van der Waals surface area (Å²) in [6.45, 7) is 10.2. The third-order valence-corrected chi connectivity index (χ3v) is 10.7. The predicted octanol–water partition coefficient (Wildman–Crippen LogP) is 4.69. The molecule has 0 radical (unpaired) electrons. The number of nitrogens with two attached hydrogens (primary N) is 2. The zero-order valence-corrected chi connectivity index (χ0v) is 46.3. The first-order chi connectivity index (χ1) is 38.6. The molecular weight excluding hydrogens is 1070 g/mol. The van der Waals surface area contributed by atoms with Crippen molar-refractivity contribution < 1.29 is 86.5 Å². The number of aryl methyl sites for hydroxylation is 2. The van der Waals surface area contributed by atoms with Crippen LogP contribution in [0, 0.1) is 10.8 Å². The van der Waals surface area contributed by atoms with Gasteiger partial charge in [0.05, 0.1) is 50.4 Å². The Labute approximate surface area is 472 Å². The lowest BCUT2D eigenvalue weighted by molar-refractivity contribution is -0.165. The van der Waals surface area contributed by atoms with Crippen molar-refractivity contribution in [1.29, 1.82) is 10.8 Å². The molecule has 26 nitrogen and oxygen atoms in total. The summed E-state index contributed by atoms with van der Waals surface area (Å²) in [5.41, 5.74) is 11.3. The lowest BCUT2D eigenvalue weighted by Gasteiger charge is -2.25. The number of carboxylic acid groups (broad SMARTS) is 2. The van der Waals surface area contributed by atoms with Gasteiger partial charge in [0.1, 0.15) is 59.5 Å². The number of amides is 2. The van der Waals surface area contributed by atoms with Crippen molar-refractivity contribution in [1.82, 2.24) is 10.6 Å². The van der Waals surface area contributed by atoms with E-state index in [-0.39, 0.29) is 111 Å². The second kappa shape index (κ2) is 31.5. The van der Waals surface area contributed by atoms with E-state index < -0.39 is 83.8 Å². The molecule has 4 aromatic carbocycles. The van der Waals surface area contributed by atoms with Crippen LogP contribution in [0.5, 0.6) is 23.0 Å². The maximum atomic E-state index is 13.4. The molecule has 442 valence electrons. The van der Waals surface area contributed by atoms with Gasteiger partial charge in [-0.25, -0.2) is 19.2 Å². The second-order valence-corrected chi connectivity index (χ2v) is 20.0. The molecule has 2 atom stereocenters. The number of guanidine groups is 2. The van der Waals surface area contributed by atoms with E-state index in [1.807, 2.05) is 0 Å². The zero-order valence-electron chi connectivity index (χ0n) is 46.3. The fourth-order valence-electron chi connectivity index (χ4n) is 7.16. The summed E-state index contributed by atoms with van der Waals surface area (Å²) in [6.07, 6.45) is -1.61. The molecular formula is C56H70N8O18. The Morgan fingerprint density at radius 3 is 1.32 bits per heavy atom. The number of anilines is 2. The first-order valence-corrected chi connectivity index (χ1v) is 25.6. The van der Waals surface area contributed by atoms with Crippen molar-refractivity contribution in [2.45, 2.75) is 103 Å². The average molecular weight is 1140 g/mol. The van der Waals surface area contributed by atoms with Gasteiger partial charge >= 0.3 is 35.8 Å². The van der Waals surface area contributed by atoms with E-state index in [9.17, 15) is 43.5 Å². The van der Waals surface area contributed by atoms with Crippen LogP contribution >= 0.6 is 0 Å². The number of carboxylic acids is 2. The number of hydrogen-bond donors (Lipinski definition) is 10. The molecule has 2 unspecified atom stereocenters. The van der Waals surface area contributed by atoms with E-state index in [1.54, 1.807) is 65.8 Å². The number of aliphatic carboxylic acids is 2.